The lowest BCUT2D eigenvalue weighted by Gasteiger charge is -2.49. The van der Waals surface area contributed by atoms with E-state index in [0.717, 1.165) is 36.1 Å². The molecule has 2 unspecified atom stereocenters. The molecule has 1 saturated carbocycles. The van der Waals surface area contributed by atoms with Crippen LogP contribution in [0.3, 0.4) is 0 Å². The molecule has 2 aromatic carbocycles. The molecule has 2 aromatic rings. The maximum atomic E-state index is 15.1. The Morgan fingerprint density at radius 3 is 2.83 bits per heavy atom. The predicted octanol–water partition coefficient (Wildman–Crippen LogP) is 4.14. The zero-order chi connectivity index (χ0) is 20.7. The summed E-state index contributed by atoms with van der Waals surface area (Å²) in [7, 11) is 1.63. The molecule has 158 valence electrons. The van der Waals surface area contributed by atoms with Gasteiger partial charge in [0.25, 0.3) is 0 Å². The van der Waals surface area contributed by atoms with Gasteiger partial charge in [0, 0.05) is 17.5 Å². The first-order valence-corrected chi connectivity index (χ1v) is 10.9. The normalized spacial score (nSPS) is 28.4. The van der Waals surface area contributed by atoms with Crippen molar-refractivity contribution in [2.24, 2.45) is 5.92 Å². The summed E-state index contributed by atoms with van der Waals surface area (Å²) in [6.45, 7) is 0.519. The van der Waals surface area contributed by atoms with E-state index in [9.17, 15) is 4.79 Å². The van der Waals surface area contributed by atoms with Crippen LogP contribution in [0.15, 0.2) is 42.5 Å². The van der Waals surface area contributed by atoms with Gasteiger partial charge in [-0.25, -0.2) is 4.39 Å². The largest absolute Gasteiger partial charge is 0.493 e. The van der Waals surface area contributed by atoms with Crippen LogP contribution in [0.1, 0.15) is 42.4 Å². The van der Waals surface area contributed by atoms with Crippen LogP contribution in [-0.2, 0) is 23.1 Å². The monoisotopic (exact) mass is 409 g/mol. The van der Waals surface area contributed by atoms with E-state index < -0.39 is 12.3 Å². The highest BCUT2D eigenvalue weighted by molar-refractivity contribution is 5.78. The first kappa shape index (κ1) is 19.4. The Bertz CT molecular complexity index is 947. The predicted molar refractivity (Wildman–Crippen MR) is 113 cm³/mol. The second-order valence-corrected chi connectivity index (χ2v) is 8.80. The van der Waals surface area contributed by atoms with Gasteiger partial charge in [-0.1, -0.05) is 36.4 Å². The number of halogens is 1. The minimum atomic E-state index is -0.996. The van der Waals surface area contributed by atoms with Gasteiger partial charge in [0.05, 0.1) is 13.5 Å². The van der Waals surface area contributed by atoms with Crippen molar-refractivity contribution in [2.75, 3.05) is 13.7 Å². The van der Waals surface area contributed by atoms with E-state index >= 15 is 4.39 Å². The van der Waals surface area contributed by atoms with Crippen molar-refractivity contribution in [3.05, 3.63) is 59.2 Å². The molecular weight excluding hydrogens is 381 g/mol. The number of hydrogen-bond donors (Lipinski definition) is 1. The van der Waals surface area contributed by atoms with E-state index in [1.807, 2.05) is 36.4 Å². The van der Waals surface area contributed by atoms with Gasteiger partial charge in [0.1, 0.15) is 12.3 Å². The third kappa shape index (κ3) is 2.98. The van der Waals surface area contributed by atoms with E-state index in [1.165, 1.54) is 5.56 Å². The summed E-state index contributed by atoms with van der Waals surface area (Å²) < 4.78 is 27.0. The summed E-state index contributed by atoms with van der Waals surface area (Å²) in [5.74, 6) is 1.79. The lowest BCUT2D eigenvalue weighted by Crippen LogP contribution is -2.55. The van der Waals surface area contributed by atoms with Gasteiger partial charge in [0.15, 0.2) is 11.5 Å². The molecule has 1 fully saturated rings. The fraction of sp³-hybridized carbons (Fsp3) is 0.480. The van der Waals surface area contributed by atoms with Crippen LogP contribution < -0.4 is 14.8 Å². The molecule has 0 spiro atoms. The average Bonchev–Trinajstić information content (AvgIpc) is 3.12. The maximum Gasteiger partial charge on any atom is 0.224 e. The minimum absolute atomic E-state index is 0.000344. The van der Waals surface area contributed by atoms with Gasteiger partial charge in [0.2, 0.25) is 5.91 Å². The van der Waals surface area contributed by atoms with Gasteiger partial charge >= 0.3 is 0 Å². The lowest BCUT2D eigenvalue weighted by molar-refractivity contribution is -0.120. The highest BCUT2D eigenvalue weighted by Crippen LogP contribution is 2.62. The smallest absolute Gasteiger partial charge is 0.224 e. The van der Waals surface area contributed by atoms with Crippen molar-refractivity contribution >= 4 is 5.91 Å². The zero-order valence-electron chi connectivity index (χ0n) is 17.3. The molecule has 0 aromatic heterocycles. The number of aryl methyl sites for hydroxylation is 1. The number of nitrogens with one attached hydrogen (secondary N) is 1. The molecule has 1 aliphatic heterocycles. The minimum Gasteiger partial charge on any atom is -0.493 e. The first-order chi connectivity index (χ1) is 14.6. The third-order valence-corrected chi connectivity index (χ3v) is 7.32. The Hall–Kier alpha value is -2.56. The van der Waals surface area contributed by atoms with Crippen LogP contribution in [0.25, 0.3) is 0 Å². The molecule has 0 bridgehead atoms. The fourth-order valence-electron chi connectivity index (χ4n) is 6.03. The molecule has 4 nitrogen and oxygen atoms in total. The zero-order valence-corrected chi connectivity index (χ0v) is 17.3. The molecule has 1 heterocycles. The van der Waals surface area contributed by atoms with Crippen molar-refractivity contribution in [3.8, 4) is 11.5 Å². The van der Waals surface area contributed by atoms with Crippen LogP contribution in [0, 0.1) is 5.92 Å². The number of methoxy groups -OCH3 is 1. The molecule has 5 rings (SSSR count). The molecule has 0 radical (unpaired) electrons. The van der Waals surface area contributed by atoms with Crippen molar-refractivity contribution < 1.29 is 18.7 Å². The number of amides is 1. The van der Waals surface area contributed by atoms with Crippen molar-refractivity contribution in [3.63, 3.8) is 0 Å². The summed E-state index contributed by atoms with van der Waals surface area (Å²) in [5.41, 5.74) is 3.00. The third-order valence-electron chi connectivity index (χ3n) is 7.32. The second-order valence-electron chi connectivity index (χ2n) is 8.80. The van der Waals surface area contributed by atoms with Crippen LogP contribution in [-0.4, -0.2) is 31.8 Å². The lowest BCUT2D eigenvalue weighted by atomic mass is 9.55. The molecule has 1 amide bonds. The van der Waals surface area contributed by atoms with Gasteiger partial charge < -0.3 is 14.8 Å². The molecule has 5 heteroatoms. The fourth-order valence-corrected chi connectivity index (χ4v) is 6.03. The number of ether oxygens (including phenoxy) is 2. The van der Waals surface area contributed by atoms with E-state index in [4.69, 9.17) is 9.47 Å². The second kappa shape index (κ2) is 7.60. The van der Waals surface area contributed by atoms with Crippen LogP contribution in [0.2, 0.25) is 0 Å². The Kier molecular flexibility index (Phi) is 4.92. The van der Waals surface area contributed by atoms with Gasteiger partial charge in [-0.3, -0.25) is 4.79 Å². The van der Waals surface area contributed by atoms with Crippen molar-refractivity contribution in [2.45, 2.75) is 56.2 Å². The van der Waals surface area contributed by atoms with E-state index in [0.29, 0.717) is 37.5 Å². The molecule has 0 saturated heterocycles. The molecule has 30 heavy (non-hydrogen) atoms. The summed E-state index contributed by atoms with van der Waals surface area (Å²) in [5, 5.41) is 3.08. The molecule has 3 aliphatic rings. The van der Waals surface area contributed by atoms with Crippen molar-refractivity contribution in [1.29, 1.82) is 0 Å². The SMILES string of the molecule is COc1ccc2c3c1O[C@@H]1C(F)CCC(CC2)[C@]31CCNC(=O)Cc1ccccc1. The van der Waals surface area contributed by atoms with E-state index in [2.05, 4.69) is 11.4 Å². The number of alkyl halides is 1. The molecular formula is C25H28FNO3. The highest BCUT2D eigenvalue weighted by atomic mass is 19.1. The number of carbonyl (C=O) groups excluding carboxylic acids is 1. The topological polar surface area (TPSA) is 47.6 Å². The number of carbonyl (C=O) groups is 1. The highest BCUT2D eigenvalue weighted by Gasteiger charge is 2.61. The number of hydrogen-bond acceptors (Lipinski definition) is 3. The van der Waals surface area contributed by atoms with Gasteiger partial charge in [-0.15, -0.1) is 0 Å². The molecule has 2 aliphatic carbocycles. The summed E-state index contributed by atoms with van der Waals surface area (Å²) in [4.78, 5) is 12.5. The Morgan fingerprint density at radius 2 is 2.03 bits per heavy atom. The average molecular weight is 410 g/mol. The van der Waals surface area contributed by atoms with E-state index in [1.54, 1.807) is 7.11 Å². The number of benzene rings is 2. The Labute approximate surface area is 176 Å². The van der Waals surface area contributed by atoms with Crippen molar-refractivity contribution in [1.82, 2.24) is 5.32 Å². The molecule has 1 N–H and O–H groups in total. The number of rotatable bonds is 6. The van der Waals surface area contributed by atoms with Gasteiger partial charge in [-0.05, 0) is 55.2 Å². The van der Waals surface area contributed by atoms with E-state index in [-0.39, 0.29) is 11.3 Å². The quantitative estimate of drug-likeness (QED) is 0.780. The van der Waals surface area contributed by atoms with Crippen LogP contribution in [0.4, 0.5) is 4.39 Å². The summed E-state index contributed by atoms with van der Waals surface area (Å²) in [6.07, 6.45) is 3.01. The van der Waals surface area contributed by atoms with Gasteiger partial charge in [-0.2, -0.15) is 0 Å². The molecule has 4 atom stereocenters. The standard InChI is InChI=1S/C25H28FNO3/c1-29-20-12-8-17-7-9-18-10-11-19(26)24-25(18,22(17)23(20)30-24)13-14-27-21(28)15-16-5-3-2-4-6-16/h2-6,8,12,18-19,24H,7,9-11,13-15H2,1H3,(H,27,28)/t18?,19?,24-,25-/m1/s1. The maximum absolute atomic E-state index is 15.1. The van der Waals surface area contributed by atoms with Crippen LogP contribution >= 0.6 is 0 Å². The van der Waals surface area contributed by atoms with Crippen LogP contribution in [0.5, 0.6) is 11.5 Å². The Balaban J connectivity index is 1.41. The first-order valence-electron chi connectivity index (χ1n) is 10.9. The Morgan fingerprint density at radius 1 is 1.20 bits per heavy atom. The summed E-state index contributed by atoms with van der Waals surface area (Å²) in [6, 6.07) is 13.8. The summed E-state index contributed by atoms with van der Waals surface area (Å²) >= 11 is 0.